The first kappa shape index (κ1) is 158. The summed E-state index contributed by atoms with van der Waals surface area (Å²) in [5.74, 6) is 0. The highest BCUT2D eigenvalue weighted by Gasteiger charge is 2.16. The third-order valence-electron chi connectivity index (χ3n) is 14.4. The van der Waals surface area contributed by atoms with Gasteiger partial charge in [-0.1, -0.05) is 116 Å². The summed E-state index contributed by atoms with van der Waals surface area (Å²) in [6, 6.07) is 0. The van der Waals surface area contributed by atoms with Gasteiger partial charge in [-0.15, -0.1) is 13.2 Å². The molecule has 0 saturated heterocycles. The van der Waals surface area contributed by atoms with Crippen molar-refractivity contribution in [2.24, 2.45) is 0 Å². The molecule has 2 saturated carbocycles. The topological polar surface area (TPSA) is 148 Å². The number of hydrogen-bond acceptors (Lipinski definition) is 16. The Morgan fingerprint density at radius 1 is 0.270 bits per heavy atom. The van der Waals surface area contributed by atoms with E-state index >= 15 is 0 Å². The molecule has 0 aliphatic heterocycles. The minimum atomic E-state index is 0. The molecule has 0 bridgehead atoms. The Labute approximate surface area is 731 Å². The number of ether oxygens (including phenoxy) is 16. The van der Waals surface area contributed by atoms with Crippen LogP contribution in [0.5, 0.6) is 0 Å². The first-order chi connectivity index (χ1) is 52.1. The molecule has 0 aromatic heterocycles. The fourth-order valence-electron chi connectivity index (χ4n) is 7.76. The van der Waals surface area contributed by atoms with E-state index in [0.29, 0.717) is 85.5 Å². The van der Waals surface area contributed by atoms with E-state index in [-0.39, 0.29) is 39.1 Å². The van der Waals surface area contributed by atoms with Gasteiger partial charge in [0.2, 0.25) is 0 Å². The number of rotatable bonds is 34. The maximum absolute atomic E-state index is 5.69. The molecule has 2 fully saturated rings. The zero-order chi connectivity index (χ0) is 91.4. The number of methoxy groups -OCH3 is 4. The fourth-order valence-corrected chi connectivity index (χ4v) is 7.76. The minimum absolute atomic E-state index is 0. The van der Waals surface area contributed by atoms with Crippen LogP contribution >= 0.6 is 0 Å². The third kappa shape index (κ3) is 235. The Hall–Kier alpha value is -0.900. The number of hydrogen-bond donors (Lipinski definition) is 0. The van der Waals surface area contributed by atoms with Crippen LogP contribution in [0, 0.1) is 0 Å². The summed E-state index contributed by atoms with van der Waals surface area (Å²) < 4.78 is 82.3. The van der Waals surface area contributed by atoms with Crippen molar-refractivity contribution in [2.75, 3.05) is 101 Å². The second kappa shape index (κ2) is 131. The van der Waals surface area contributed by atoms with Gasteiger partial charge in [-0.05, 0) is 327 Å². The van der Waals surface area contributed by atoms with Crippen molar-refractivity contribution in [1.29, 1.82) is 0 Å². The maximum atomic E-state index is 5.69. The first-order valence-corrected chi connectivity index (χ1v) is 45.2. The van der Waals surface area contributed by atoms with E-state index in [1.165, 1.54) is 83.5 Å². The molecule has 0 amide bonds. The molecule has 2 aliphatic carbocycles. The molecule has 6 unspecified atom stereocenters. The smallest absolute Gasteiger partial charge is 0.0598 e. The van der Waals surface area contributed by atoms with Crippen molar-refractivity contribution in [3.05, 3.63) is 13.2 Å². The van der Waals surface area contributed by atoms with Gasteiger partial charge in [-0.3, -0.25) is 0 Å². The molecule has 2 aliphatic rings. The summed E-state index contributed by atoms with van der Waals surface area (Å²) in [5, 5.41) is 0. The van der Waals surface area contributed by atoms with Crippen molar-refractivity contribution in [2.45, 2.75) is 545 Å². The van der Waals surface area contributed by atoms with Gasteiger partial charge in [0.25, 0.3) is 0 Å². The van der Waals surface area contributed by atoms with Gasteiger partial charge < -0.3 is 75.8 Å². The highest BCUT2D eigenvalue weighted by Crippen LogP contribution is 2.22. The highest BCUT2D eigenvalue weighted by atomic mass is 16.5. The third-order valence-corrected chi connectivity index (χ3v) is 14.4. The van der Waals surface area contributed by atoms with Gasteiger partial charge in [0.05, 0.1) is 102 Å². The zero-order valence-electron chi connectivity index (χ0n) is 86.0. The lowest BCUT2D eigenvalue weighted by atomic mass is 9.98. The first-order valence-electron chi connectivity index (χ1n) is 45.2. The minimum Gasteiger partial charge on any atom is -0.382 e. The molecular weight excluding hydrogens is 1450 g/mol. The van der Waals surface area contributed by atoms with E-state index in [4.69, 9.17) is 75.8 Å². The normalized spacial score (nSPS) is 13.3. The van der Waals surface area contributed by atoms with Crippen LogP contribution in [0.2, 0.25) is 0 Å². The Morgan fingerprint density at radius 3 is 0.617 bits per heavy atom. The van der Waals surface area contributed by atoms with E-state index in [9.17, 15) is 0 Å². The second-order valence-corrected chi connectivity index (χ2v) is 31.3. The van der Waals surface area contributed by atoms with Gasteiger partial charge in [-0.2, -0.15) is 0 Å². The van der Waals surface area contributed by atoms with Gasteiger partial charge in [0, 0.05) is 101 Å². The van der Waals surface area contributed by atoms with Crippen molar-refractivity contribution >= 4 is 0 Å². The van der Waals surface area contributed by atoms with Gasteiger partial charge in [0.1, 0.15) is 0 Å². The van der Waals surface area contributed by atoms with Crippen molar-refractivity contribution in [3.63, 3.8) is 0 Å². The van der Waals surface area contributed by atoms with Crippen LogP contribution in [0.15, 0.2) is 13.2 Å². The zero-order valence-corrected chi connectivity index (χ0v) is 86.0. The Balaban J connectivity index is -0.0000000545. The fraction of sp³-hybridized carbons (Fsp3) is 0.980. The van der Waals surface area contributed by atoms with E-state index in [1.54, 1.807) is 28.4 Å². The lowest BCUT2D eigenvalue weighted by Crippen LogP contribution is -2.20. The highest BCUT2D eigenvalue weighted by molar-refractivity contribution is 4.68. The van der Waals surface area contributed by atoms with Crippen LogP contribution in [0.1, 0.15) is 442 Å². The molecule has 0 spiro atoms. The lowest BCUT2D eigenvalue weighted by Gasteiger charge is -2.23. The molecular formula is C99H232O16. The van der Waals surface area contributed by atoms with Crippen LogP contribution < -0.4 is 0 Å². The molecule has 16 nitrogen and oxygen atoms in total. The standard InChI is InChI=1S/C9H18O.C8H16O.C7H16O.7C6H14O.4C5H12O.2C4H10O.C2H4.3CH4/c1-8(2)10-9-6-4-3-5-7-9;1-7(2)9-8-5-3-4-6-8;1-4-6-7(3)8-5-2;2*1-5-7-6(2,3)4;1-4-5-6(2)7-3;1-4-5-7-6(2)3;3*1-4-6(3)7-5-2;1-5(2,3)6-4;1-4-5(2)6-3;2*1-4-6-5(2)3;1-4(2)5-3;1-3-5-4-2;1-2;;;/h8-9H,3-7H2,1-2H3;7-8H,3-6H2,1-2H3;7H,4-6H2,1-3H3;2*5H2,1-4H3;5*6H,4-5H2,1-3H3;1-4H3;3*5H,4H2,1-3H3;4H,1-3H3;3-4H2,1-2H3;1-2H2;3*1H4. The average Bonchev–Trinajstić information content (AvgIpc) is 1.93. The predicted octanol–water partition coefficient (Wildman–Crippen LogP) is 30.6. The maximum Gasteiger partial charge on any atom is 0.0598 e. The van der Waals surface area contributed by atoms with E-state index in [2.05, 4.69) is 186 Å². The molecule has 0 N–H and O–H groups in total. The molecule has 115 heavy (non-hydrogen) atoms. The molecule has 0 heterocycles. The molecule has 2 rings (SSSR count). The van der Waals surface area contributed by atoms with Gasteiger partial charge in [0.15, 0.2) is 0 Å². The molecule has 0 aromatic carbocycles. The monoisotopic (exact) mass is 1680 g/mol. The van der Waals surface area contributed by atoms with Crippen LogP contribution in [-0.2, 0) is 75.8 Å². The van der Waals surface area contributed by atoms with Crippen LogP contribution in [0.4, 0.5) is 0 Å². The summed E-state index contributed by atoms with van der Waals surface area (Å²) >= 11 is 0. The van der Waals surface area contributed by atoms with Crippen molar-refractivity contribution in [1.82, 2.24) is 0 Å². The molecule has 0 radical (unpaired) electrons. The van der Waals surface area contributed by atoms with Gasteiger partial charge in [-0.25, -0.2) is 0 Å². The van der Waals surface area contributed by atoms with Crippen LogP contribution in [-0.4, -0.2) is 203 Å². The predicted molar refractivity (Wildman–Crippen MR) is 520 cm³/mol. The Morgan fingerprint density at radius 2 is 0.513 bits per heavy atom. The second-order valence-electron chi connectivity index (χ2n) is 31.3. The summed E-state index contributed by atoms with van der Waals surface area (Å²) in [4.78, 5) is 0. The van der Waals surface area contributed by atoms with Gasteiger partial charge >= 0.3 is 0 Å². The molecule has 0 aromatic rings. The summed E-state index contributed by atoms with van der Waals surface area (Å²) in [6.45, 7) is 106. The summed E-state index contributed by atoms with van der Waals surface area (Å²) in [6.07, 6.45) is 28.7. The van der Waals surface area contributed by atoms with Crippen molar-refractivity contribution < 1.29 is 75.8 Å². The molecule has 16 heteroatoms. The largest absolute Gasteiger partial charge is 0.382 e. The van der Waals surface area contributed by atoms with Crippen molar-refractivity contribution in [3.8, 4) is 0 Å². The van der Waals surface area contributed by atoms with E-state index in [1.807, 2.05) is 132 Å². The summed E-state index contributed by atoms with van der Waals surface area (Å²) in [5.41, 5.74) is 0.142. The lowest BCUT2D eigenvalue weighted by molar-refractivity contribution is -0.0118. The van der Waals surface area contributed by atoms with Crippen LogP contribution in [0.25, 0.3) is 0 Å². The van der Waals surface area contributed by atoms with E-state index in [0.717, 1.165) is 105 Å². The van der Waals surface area contributed by atoms with E-state index < -0.39 is 0 Å². The Kier molecular flexibility index (Phi) is 180. The SMILES string of the molecule is C.C.C.C=C.CC(C)OC1CCCC1.CC(C)OC1CCCCC1.CCC(C)OC.CCCC(C)OC.CCCC(C)OCC.CCCOC(C)C.CCOC(C)(C)C.CCOC(C)(C)C.CCOC(C)C.CCOC(C)C.CCOC(C)CC.CCOC(C)CC.CCOC(C)CC.CCOCC.COC(C)(C)C.COC(C)C. The molecule has 724 valence electrons. The quantitative estimate of drug-likeness (QED) is 0.0562. The van der Waals surface area contributed by atoms with Crippen LogP contribution in [0.3, 0.4) is 0 Å². The average molecular weight is 1680 g/mol. The summed E-state index contributed by atoms with van der Waals surface area (Å²) in [7, 11) is 6.89. The molecule has 6 atom stereocenters. The Bertz CT molecular complexity index is 1350.